The molecule has 7 heteroatoms. The highest BCUT2D eigenvalue weighted by molar-refractivity contribution is 5.92. The number of nitrogens with one attached hydrogen (secondary N) is 1. The van der Waals surface area contributed by atoms with E-state index in [1.54, 1.807) is 11.0 Å². The molecule has 1 atom stereocenters. The van der Waals surface area contributed by atoms with Crippen LogP contribution < -0.4 is 10.9 Å². The van der Waals surface area contributed by atoms with Crippen LogP contribution in [0.5, 0.6) is 0 Å². The van der Waals surface area contributed by atoms with Crippen LogP contribution in [0.25, 0.3) is 11.0 Å². The van der Waals surface area contributed by atoms with Gasteiger partial charge in [-0.05, 0) is 38.7 Å². The zero-order chi connectivity index (χ0) is 18.7. The van der Waals surface area contributed by atoms with E-state index in [2.05, 4.69) is 10.2 Å². The van der Waals surface area contributed by atoms with Gasteiger partial charge in [-0.2, -0.15) is 0 Å². The number of urea groups is 1. The predicted molar refractivity (Wildman–Crippen MR) is 101 cm³/mol. The van der Waals surface area contributed by atoms with Gasteiger partial charge in [-0.3, -0.25) is 0 Å². The van der Waals surface area contributed by atoms with Crippen molar-refractivity contribution in [2.24, 2.45) is 5.92 Å². The molecule has 1 aliphatic rings. The van der Waals surface area contributed by atoms with E-state index in [1.807, 2.05) is 33.2 Å². The molecular formula is C19H25N3O4. The smallest absolute Gasteiger partial charge is 0.336 e. The van der Waals surface area contributed by atoms with Gasteiger partial charge >= 0.3 is 11.7 Å². The highest BCUT2D eigenvalue weighted by Gasteiger charge is 2.23. The van der Waals surface area contributed by atoms with E-state index < -0.39 is 5.63 Å². The van der Waals surface area contributed by atoms with Crippen LogP contribution >= 0.6 is 0 Å². The number of rotatable bonds is 3. The zero-order valence-corrected chi connectivity index (χ0v) is 15.4. The summed E-state index contributed by atoms with van der Waals surface area (Å²) in [5, 5.41) is 3.76. The first-order chi connectivity index (χ1) is 12.4. The fraction of sp³-hybridized carbons (Fsp3) is 0.474. The molecular weight excluding hydrogens is 334 g/mol. The molecule has 2 amide bonds. The van der Waals surface area contributed by atoms with Gasteiger partial charge in [0, 0.05) is 48.8 Å². The SMILES string of the molecule is Cc1cc(=O)oc2cc(NC(=O)N3CCOC[C@@H](CN(C)C)C3)ccc12. The van der Waals surface area contributed by atoms with E-state index in [4.69, 9.17) is 9.15 Å². The number of aryl methyl sites for hydroxylation is 1. The minimum atomic E-state index is -0.394. The Morgan fingerprint density at radius 3 is 2.92 bits per heavy atom. The zero-order valence-electron chi connectivity index (χ0n) is 15.4. The summed E-state index contributed by atoms with van der Waals surface area (Å²) in [4.78, 5) is 28.1. The second kappa shape index (κ2) is 7.88. The Bertz CT molecular complexity index is 846. The van der Waals surface area contributed by atoms with E-state index in [1.165, 1.54) is 6.07 Å². The molecule has 7 nitrogen and oxygen atoms in total. The van der Waals surface area contributed by atoms with Crippen LogP contribution in [0.3, 0.4) is 0 Å². The molecule has 1 saturated heterocycles. The summed E-state index contributed by atoms with van der Waals surface area (Å²) < 4.78 is 10.9. The van der Waals surface area contributed by atoms with Crippen molar-refractivity contribution in [2.75, 3.05) is 52.3 Å². The molecule has 1 fully saturated rings. The molecule has 140 valence electrons. The van der Waals surface area contributed by atoms with Crippen LogP contribution in [0.15, 0.2) is 33.5 Å². The summed E-state index contributed by atoms with van der Waals surface area (Å²) in [6.45, 7) is 5.11. The number of carbonyl (C=O) groups excluding carboxylic acids is 1. The Kier molecular flexibility index (Phi) is 5.58. The number of hydrogen-bond acceptors (Lipinski definition) is 5. The molecule has 26 heavy (non-hydrogen) atoms. The third kappa shape index (κ3) is 4.42. The van der Waals surface area contributed by atoms with Gasteiger partial charge in [0.05, 0.1) is 13.2 Å². The largest absolute Gasteiger partial charge is 0.423 e. The average molecular weight is 359 g/mol. The molecule has 0 aliphatic carbocycles. The molecule has 1 N–H and O–H groups in total. The topological polar surface area (TPSA) is 75.0 Å². The fourth-order valence-corrected chi connectivity index (χ4v) is 3.30. The number of carbonyl (C=O) groups is 1. The first-order valence-electron chi connectivity index (χ1n) is 8.75. The van der Waals surface area contributed by atoms with Crippen LogP contribution in [-0.4, -0.2) is 62.8 Å². The number of amides is 2. The lowest BCUT2D eigenvalue weighted by molar-refractivity contribution is 0.112. The number of benzene rings is 1. The highest BCUT2D eigenvalue weighted by Crippen LogP contribution is 2.21. The predicted octanol–water partition coefficient (Wildman–Crippen LogP) is 2.14. The van der Waals surface area contributed by atoms with Gasteiger partial charge in [-0.15, -0.1) is 0 Å². The maximum atomic E-state index is 12.7. The molecule has 2 heterocycles. The Morgan fingerprint density at radius 1 is 1.35 bits per heavy atom. The van der Waals surface area contributed by atoms with Crippen molar-refractivity contribution in [1.29, 1.82) is 0 Å². The summed E-state index contributed by atoms with van der Waals surface area (Å²) in [6, 6.07) is 6.65. The lowest BCUT2D eigenvalue weighted by Crippen LogP contribution is -2.41. The van der Waals surface area contributed by atoms with Gasteiger partial charge in [-0.25, -0.2) is 9.59 Å². The number of nitrogens with zero attached hydrogens (tertiary/aromatic N) is 2. The average Bonchev–Trinajstić information content (AvgIpc) is 2.79. The number of ether oxygens (including phenoxy) is 1. The first kappa shape index (κ1) is 18.4. The van der Waals surface area contributed by atoms with E-state index in [-0.39, 0.29) is 11.9 Å². The van der Waals surface area contributed by atoms with Crippen molar-refractivity contribution in [1.82, 2.24) is 9.80 Å². The summed E-state index contributed by atoms with van der Waals surface area (Å²) in [5.41, 5.74) is 1.53. The Balaban J connectivity index is 1.74. The molecule has 3 rings (SSSR count). The molecule has 0 unspecified atom stereocenters. The first-order valence-corrected chi connectivity index (χ1v) is 8.75. The van der Waals surface area contributed by atoms with Crippen molar-refractivity contribution in [2.45, 2.75) is 6.92 Å². The van der Waals surface area contributed by atoms with Gasteiger partial charge in [0.25, 0.3) is 0 Å². The lowest BCUT2D eigenvalue weighted by atomic mass is 10.1. The molecule has 0 saturated carbocycles. The second-order valence-electron chi connectivity index (χ2n) is 7.04. The van der Waals surface area contributed by atoms with Crippen LogP contribution in [0, 0.1) is 12.8 Å². The quantitative estimate of drug-likeness (QED) is 0.850. The molecule has 1 aliphatic heterocycles. The summed E-state index contributed by atoms with van der Waals surface area (Å²) in [6.07, 6.45) is 0. The van der Waals surface area contributed by atoms with Crippen molar-refractivity contribution >= 4 is 22.7 Å². The second-order valence-corrected chi connectivity index (χ2v) is 7.04. The van der Waals surface area contributed by atoms with Gasteiger partial charge in [0.15, 0.2) is 0 Å². The van der Waals surface area contributed by atoms with Gasteiger partial charge in [0.2, 0.25) is 0 Å². The van der Waals surface area contributed by atoms with Gasteiger partial charge in [0.1, 0.15) is 5.58 Å². The van der Waals surface area contributed by atoms with Crippen LogP contribution in [0.1, 0.15) is 5.56 Å². The monoisotopic (exact) mass is 359 g/mol. The highest BCUT2D eigenvalue weighted by atomic mass is 16.5. The normalized spacial score (nSPS) is 18.2. The van der Waals surface area contributed by atoms with Gasteiger partial charge < -0.3 is 24.3 Å². The fourth-order valence-electron chi connectivity index (χ4n) is 3.30. The molecule has 1 aromatic carbocycles. The van der Waals surface area contributed by atoms with Gasteiger partial charge in [-0.1, -0.05) is 0 Å². The van der Waals surface area contributed by atoms with Crippen molar-refractivity contribution in [3.63, 3.8) is 0 Å². The molecule has 0 spiro atoms. The number of anilines is 1. The minimum absolute atomic E-state index is 0.173. The summed E-state index contributed by atoms with van der Waals surface area (Å²) in [5.74, 6) is 0.274. The van der Waals surface area contributed by atoms with E-state index in [0.717, 1.165) is 17.5 Å². The molecule has 1 aromatic heterocycles. The Morgan fingerprint density at radius 2 is 2.15 bits per heavy atom. The molecule has 2 aromatic rings. The van der Waals surface area contributed by atoms with Crippen LogP contribution in [0.4, 0.5) is 10.5 Å². The van der Waals surface area contributed by atoms with Crippen LogP contribution in [0.2, 0.25) is 0 Å². The van der Waals surface area contributed by atoms with E-state index in [0.29, 0.717) is 37.6 Å². The summed E-state index contributed by atoms with van der Waals surface area (Å²) in [7, 11) is 4.03. The third-order valence-electron chi connectivity index (χ3n) is 4.45. The number of fused-ring (bicyclic) bond motifs is 1. The molecule has 0 radical (unpaired) electrons. The van der Waals surface area contributed by atoms with Crippen LogP contribution in [-0.2, 0) is 4.74 Å². The number of hydrogen-bond donors (Lipinski definition) is 1. The maximum absolute atomic E-state index is 12.7. The van der Waals surface area contributed by atoms with Crippen molar-refractivity contribution < 1.29 is 13.9 Å². The standard InChI is InChI=1S/C19H25N3O4/c1-13-8-18(23)26-17-9-15(4-5-16(13)17)20-19(24)22-6-7-25-12-14(11-22)10-21(2)3/h4-5,8-9,14H,6-7,10-12H2,1-3H3,(H,20,24)/t14-/m0/s1. The van der Waals surface area contributed by atoms with Crippen molar-refractivity contribution in [3.8, 4) is 0 Å². The minimum Gasteiger partial charge on any atom is -0.423 e. The third-order valence-corrected chi connectivity index (χ3v) is 4.45. The lowest BCUT2D eigenvalue weighted by Gasteiger charge is -2.25. The molecule has 0 bridgehead atoms. The Hall–Kier alpha value is -2.38. The van der Waals surface area contributed by atoms with Crippen molar-refractivity contribution in [3.05, 3.63) is 40.2 Å². The van der Waals surface area contributed by atoms with E-state index >= 15 is 0 Å². The maximum Gasteiger partial charge on any atom is 0.336 e. The van der Waals surface area contributed by atoms with E-state index in [9.17, 15) is 9.59 Å². The summed E-state index contributed by atoms with van der Waals surface area (Å²) >= 11 is 0. The Labute approximate surface area is 152 Å².